The molecule has 0 radical (unpaired) electrons. The topological polar surface area (TPSA) is 55.9 Å². The number of imidazole rings is 1. The zero-order chi connectivity index (χ0) is 14.5. The molecule has 0 aromatic carbocycles. The first-order valence-corrected chi connectivity index (χ1v) is 8.11. The molecule has 1 aliphatic carbocycles. The maximum absolute atomic E-state index is 5.82. The van der Waals surface area contributed by atoms with Gasteiger partial charge in [-0.3, -0.25) is 11.3 Å². The molecule has 1 unspecified atom stereocenters. The van der Waals surface area contributed by atoms with Gasteiger partial charge in [0.25, 0.3) is 0 Å². The Kier molecular flexibility index (Phi) is 5.61. The predicted molar refractivity (Wildman–Crippen MR) is 83.0 cm³/mol. The molecule has 114 valence electrons. The third kappa shape index (κ3) is 3.61. The van der Waals surface area contributed by atoms with Gasteiger partial charge in [-0.2, -0.15) is 0 Å². The lowest BCUT2D eigenvalue weighted by Gasteiger charge is -2.35. The van der Waals surface area contributed by atoms with Crippen LogP contribution in [0.1, 0.15) is 52.3 Å². The molecule has 1 aliphatic rings. The summed E-state index contributed by atoms with van der Waals surface area (Å²) in [4.78, 5) is 4.48. The van der Waals surface area contributed by atoms with E-state index in [4.69, 9.17) is 5.84 Å². The van der Waals surface area contributed by atoms with Crippen LogP contribution in [0.2, 0.25) is 0 Å². The standard InChI is InChI=1S/C16H30N4/c1-4-20-10-9-18-16(20)11-15(19-17)14-7-5-13(6-8-14)12(2)3/h9-10,12-15,19H,4-8,11,17H2,1-3H3. The van der Waals surface area contributed by atoms with Crippen molar-refractivity contribution in [1.82, 2.24) is 15.0 Å². The smallest absolute Gasteiger partial charge is 0.110 e. The van der Waals surface area contributed by atoms with Crippen LogP contribution in [0.5, 0.6) is 0 Å². The summed E-state index contributed by atoms with van der Waals surface area (Å²) in [5, 5.41) is 0. The Morgan fingerprint density at radius 3 is 2.50 bits per heavy atom. The van der Waals surface area contributed by atoms with E-state index < -0.39 is 0 Å². The van der Waals surface area contributed by atoms with Crippen LogP contribution in [-0.4, -0.2) is 15.6 Å². The molecule has 1 aromatic rings. The van der Waals surface area contributed by atoms with Gasteiger partial charge in [-0.1, -0.05) is 13.8 Å². The minimum Gasteiger partial charge on any atom is -0.335 e. The Labute approximate surface area is 123 Å². The summed E-state index contributed by atoms with van der Waals surface area (Å²) >= 11 is 0. The molecule has 4 heteroatoms. The van der Waals surface area contributed by atoms with Gasteiger partial charge in [0.15, 0.2) is 0 Å². The van der Waals surface area contributed by atoms with Gasteiger partial charge >= 0.3 is 0 Å². The Balaban J connectivity index is 1.93. The SMILES string of the molecule is CCn1ccnc1CC(NN)C1CCC(C(C)C)CC1. The van der Waals surface area contributed by atoms with Gasteiger partial charge in [0.05, 0.1) is 0 Å². The van der Waals surface area contributed by atoms with Crippen LogP contribution >= 0.6 is 0 Å². The summed E-state index contributed by atoms with van der Waals surface area (Å²) in [6.07, 6.45) is 10.2. The molecule has 1 heterocycles. The van der Waals surface area contributed by atoms with Crippen molar-refractivity contribution in [1.29, 1.82) is 0 Å². The van der Waals surface area contributed by atoms with Crippen LogP contribution in [0.4, 0.5) is 0 Å². The lowest BCUT2D eigenvalue weighted by Crippen LogP contribution is -2.44. The van der Waals surface area contributed by atoms with Crippen molar-refractivity contribution < 1.29 is 0 Å². The summed E-state index contributed by atoms with van der Waals surface area (Å²) in [5.41, 5.74) is 3.05. The molecule has 0 bridgehead atoms. The van der Waals surface area contributed by atoms with E-state index in [0.29, 0.717) is 12.0 Å². The number of nitrogens with one attached hydrogen (secondary N) is 1. The lowest BCUT2D eigenvalue weighted by atomic mass is 9.74. The highest BCUT2D eigenvalue weighted by molar-refractivity contribution is 4.97. The third-order valence-corrected chi connectivity index (χ3v) is 5.09. The van der Waals surface area contributed by atoms with Gasteiger partial charge in [0.1, 0.15) is 5.82 Å². The third-order valence-electron chi connectivity index (χ3n) is 5.09. The van der Waals surface area contributed by atoms with Crippen LogP contribution in [-0.2, 0) is 13.0 Å². The number of aromatic nitrogens is 2. The van der Waals surface area contributed by atoms with Crippen LogP contribution in [0.3, 0.4) is 0 Å². The monoisotopic (exact) mass is 278 g/mol. The second-order valence-corrected chi connectivity index (χ2v) is 6.53. The summed E-state index contributed by atoms with van der Waals surface area (Å²) < 4.78 is 2.21. The van der Waals surface area contributed by atoms with E-state index in [2.05, 4.69) is 41.9 Å². The van der Waals surface area contributed by atoms with E-state index in [9.17, 15) is 0 Å². The van der Waals surface area contributed by atoms with Gasteiger partial charge < -0.3 is 4.57 Å². The summed E-state index contributed by atoms with van der Waals surface area (Å²) in [6, 6.07) is 0.357. The maximum atomic E-state index is 5.82. The number of rotatable bonds is 6. The quantitative estimate of drug-likeness (QED) is 0.621. The number of hydrazine groups is 1. The van der Waals surface area contributed by atoms with Crippen LogP contribution in [0.25, 0.3) is 0 Å². The molecule has 2 rings (SSSR count). The highest BCUT2D eigenvalue weighted by Crippen LogP contribution is 2.35. The highest BCUT2D eigenvalue weighted by Gasteiger charge is 2.29. The average Bonchev–Trinajstić information content (AvgIpc) is 2.92. The molecule has 0 amide bonds. The van der Waals surface area contributed by atoms with Gasteiger partial charge in [-0.05, 0) is 50.4 Å². The van der Waals surface area contributed by atoms with Crippen molar-refractivity contribution in [2.45, 2.75) is 65.5 Å². The number of nitrogens with zero attached hydrogens (tertiary/aromatic N) is 2. The van der Waals surface area contributed by atoms with Crippen LogP contribution in [0, 0.1) is 17.8 Å². The number of nitrogens with two attached hydrogens (primary N) is 1. The molecule has 4 nitrogen and oxygen atoms in total. The van der Waals surface area contributed by atoms with Gasteiger partial charge in [0.2, 0.25) is 0 Å². The summed E-state index contributed by atoms with van der Waals surface area (Å²) in [6.45, 7) is 7.83. The fourth-order valence-electron chi connectivity index (χ4n) is 3.59. The first kappa shape index (κ1) is 15.5. The fourth-order valence-corrected chi connectivity index (χ4v) is 3.59. The lowest BCUT2D eigenvalue weighted by molar-refractivity contribution is 0.186. The summed E-state index contributed by atoms with van der Waals surface area (Å²) in [7, 11) is 0. The van der Waals surface area contributed by atoms with Gasteiger partial charge in [0, 0.05) is 31.4 Å². The Bertz CT molecular complexity index is 391. The first-order chi connectivity index (χ1) is 9.65. The molecule has 1 fully saturated rings. The minimum absolute atomic E-state index is 0.357. The van der Waals surface area contributed by atoms with E-state index in [-0.39, 0.29) is 0 Å². The molecule has 1 atom stereocenters. The van der Waals surface area contributed by atoms with Crippen molar-refractivity contribution >= 4 is 0 Å². The molecule has 1 saturated carbocycles. The Morgan fingerprint density at radius 1 is 1.30 bits per heavy atom. The van der Waals surface area contributed by atoms with Crippen molar-refractivity contribution in [2.24, 2.45) is 23.6 Å². The zero-order valence-electron chi connectivity index (χ0n) is 13.2. The Morgan fingerprint density at radius 2 is 1.95 bits per heavy atom. The molecule has 1 aromatic heterocycles. The van der Waals surface area contributed by atoms with Crippen molar-refractivity contribution in [3.05, 3.63) is 18.2 Å². The number of aryl methyl sites for hydroxylation is 1. The van der Waals surface area contributed by atoms with Gasteiger partial charge in [-0.15, -0.1) is 0 Å². The largest absolute Gasteiger partial charge is 0.335 e. The number of hydrogen-bond donors (Lipinski definition) is 2. The summed E-state index contributed by atoms with van der Waals surface area (Å²) in [5.74, 6) is 9.39. The minimum atomic E-state index is 0.357. The van der Waals surface area contributed by atoms with Crippen molar-refractivity contribution in [2.75, 3.05) is 0 Å². The first-order valence-electron chi connectivity index (χ1n) is 8.11. The molecule has 0 saturated heterocycles. The van der Waals surface area contributed by atoms with E-state index in [1.165, 1.54) is 25.7 Å². The Hall–Kier alpha value is -0.870. The second kappa shape index (κ2) is 7.23. The predicted octanol–water partition coefficient (Wildman–Crippen LogP) is 2.74. The molecular formula is C16H30N4. The molecule has 0 aliphatic heterocycles. The zero-order valence-corrected chi connectivity index (χ0v) is 13.2. The average molecular weight is 278 g/mol. The van der Waals surface area contributed by atoms with Crippen LogP contribution in [0.15, 0.2) is 12.4 Å². The number of hydrogen-bond acceptors (Lipinski definition) is 3. The van der Waals surface area contributed by atoms with E-state index in [0.717, 1.165) is 30.6 Å². The van der Waals surface area contributed by atoms with Crippen molar-refractivity contribution in [3.8, 4) is 0 Å². The fraction of sp³-hybridized carbons (Fsp3) is 0.812. The molecule has 3 N–H and O–H groups in total. The van der Waals surface area contributed by atoms with Crippen molar-refractivity contribution in [3.63, 3.8) is 0 Å². The molecule has 0 spiro atoms. The normalized spacial score (nSPS) is 25.1. The van der Waals surface area contributed by atoms with E-state index >= 15 is 0 Å². The van der Waals surface area contributed by atoms with E-state index in [1.807, 2.05) is 6.20 Å². The molecular weight excluding hydrogens is 248 g/mol. The van der Waals surface area contributed by atoms with E-state index in [1.54, 1.807) is 0 Å². The maximum Gasteiger partial charge on any atom is 0.110 e. The van der Waals surface area contributed by atoms with Crippen LogP contribution < -0.4 is 11.3 Å². The molecule has 20 heavy (non-hydrogen) atoms. The second-order valence-electron chi connectivity index (χ2n) is 6.53. The highest BCUT2D eigenvalue weighted by atomic mass is 15.2. The van der Waals surface area contributed by atoms with Gasteiger partial charge in [-0.25, -0.2) is 4.98 Å².